The van der Waals surface area contributed by atoms with Crippen LogP contribution in [-0.4, -0.2) is 19.1 Å². The van der Waals surface area contributed by atoms with Crippen LogP contribution >= 0.6 is 11.6 Å². The Hall–Kier alpha value is -2.46. The summed E-state index contributed by atoms with van der Waals surface area (Å²) < 4.78 is 11.1. The van der Waals surface area contributed by atoms with Gasteiger partial charge in [-0.1, -0.05) is 29.8 Å². The average molecular weight is 344 g/mol. The van der Waals surface area contributed by atoms with E-state index in [4.69, 9.17) is 21.1 Å². The fourth-order valence-corrected chi connectivity index (χ4v) is 2.55. The number of amides is 1. The van der Waals surface area contributed by atoms with Crippen molar-refractivity contribution in [2.75, 3.05) is 13.2 Å². The van der Waals surface area contributed by atoms with Gasteiger partial charge in [-0.2, -0.15) is 0 Å². The fourth-order valence-electron chi connectivity index (χ4n) is 2.42. The summed E-state index contributed by atoms with van der Waals surface area (Å²) in [4.78, 5) is 12.1. The summed E-state index contributed by atoms with van der Waals surface area (Å²) in [5.41, 5.74) is 1.88. The first kappa shape index (κ1) is 16.4. The van der Waals surface area contributed by atoms with Crippen molar-refractivity contribution >= 4 is 23.6 Å². The molecule has 0 fully saturated rings. The Labute approximate surface area is 146 Å². The Morgan fingerprint density at radius 3 is 2.58 bits per heavy atom. The summed E-state index contributed by atoms with van der Waals surface area (Å²) >= 11 is 5.84. The van der Waals surface area contributed by atoms with Gasteiger partial charge in [0.25, 0.3) is 0 Å². The molecule has 0 radical (unpaired) electrons. The van der Waals surface area contributed by atoms with Gasteiger partial charge in [0.2, 0.25) is 5.91 Å². The second-order valence-electron chi connectivity index (χ2n) is 5.52. The summed E-state index contributed by atoms with van der Waals surface area (Å²) in [6, 6.07) is 12.9. The highest BCUT2D eigenvalue weighted by Crippen LogP contribution is 2.32. The maximum atomic E-state index is 12.1. The zero-order chi connectivity index (χ0) is 16.9. The van der Waals surface area contributed by atoms with Crippen LogP contribution in [-0.2, 0) is 4.79 Å². The number of benzene rings is 2. The van der Waals surface area contributed by atoms with E-state index in [1.807, 2.05) is 37.3 Å². The van der Waals surface area contributed by atoms with Crippen molar-refractivity contribution in [2.45, 2.75) is 13.0 Å². The topological polar surface area (TPSA) is 47.6 Å². The number of ether oxygens (including phenoxy) is 2. The summed E-state index contributed by atoms with van der Waals surface area (Å²) in [5, 5.41) is 3.61. The largest absolute Gasteiger partial charge is 0.486 e. The summed E-state index contributed by atoms with van der Waals surface area (Å²) in [6.07, 6.45) is 3.26. The van der Waals surface area contributed by atoms with E-state index in [1.54, 1.807) is 18.2 Å². The number of hydrogen-bond donors (Lipinski definition) is 1. The predicted molar refractivity (Wildman–Crippen MR) is 94.5 cm³/mol. The van der Waals surface area contributed by atoms with Crippen LogP contribution < -0.4 is 14.8 Å². The van der Waals surface area contributed by atoms with E-state index < -0.39 is 0 Å². The fraction of sp³-hybridized carbons (Fsp3) is 0.211. The third kappa shape index (κ3) is 4.09. The maximum absolute atomic E-state index is 12.1. The molecule has 0 saturated heterocycles. The molecule has 5 heteroatoms. The van der Waals surface area contributed by atoms with Gasteiger partial charge in [-0.05, 0) is 48.4 Å². The SMILES string of the molecule is CC(NC(=O)/C=C/c1ccc(Cl)cc1)c1ccc2c(c1)OCCO2. The molecular formula is C19H18ClNO3. The lowest BCUT2D eigenvalue weighted by Gasteiger charge is -2.20. The van der Waals surface area contributed by atoms with Gasteiger partial charge in [0.1, 0.15) is 13.2 Å². The van der Waals surface area contributed by atoms with Gasteiger partial charge in [-0.3, -0.25) is 4.79 Å². The van der Waals surface area contributed by atoms with Crippen molar-refractivity contribution in [3.63, 3.8) is 0 Å². The molecule has 1 unspecified atom stereocenters. The Kier molecular flexibility index (Phi) is 5.06. The second kappa shape index (κ2) is 7.41. The van der Waals surface area contributed by atoms with E-state index in [-0.39, 0.29) is 11.9 Å². The molecule has 2 aromatic rings. The van der Waals surface area contributed by atoms with E-state index in [0.29, 0.717) is 18.2 Å². The summed E-state index contributed by atoms with van der Waals surface area (Å²) in [7, 11) is 0. The van der Waals surface area contributed by atoms with E-state index in [2.05, 4.69) is 5.32 Å². The van der Waals surface area contributed by atoms with Crippen molar-refractivity contribution in [2.24, 2.45) is 0 Å². The van der Waals surface area contributed by atoms with E-state index in [0.717, 1.165) is 22.6 Å². The van der Waals surface area contributed by atoms with Gasteiger partial charge in [0.05, 0.1) is 6.04 Å². The second-order valence-corrected chi connectivity index (χ2v) is 5.95. The number of nitrogens with one attached hydrogen (secondary N) is 1. The lowest BCUT2D eigenvalue weighted by molar-refractivity contribution is -0.117. The third-order valence-corrected chi connectivity index (χ3v) is 3.97. The first-order chi connectivity index (χ1) is 11.6. The Balaban J connectivity index is 1.62. The molecule has 1 amide bonds. The highest BCUT2D eigenvalue weighted by molar-refractivity contribution is 6.30. The Morgan fingerprint density at radius 2 is 1.83 bits per heavy atom. The molecule has 0 aromatic heterocycles. The molecule has 1 atom stereocenters. The molecular weight excluding hydrogens is 326 g/mol. The molecule has 1 heterocycles. The van der Waals surface area contributed by atoms with Crippen LogP contribution in [0.25, 0.3) is 6.08 Å². The van der Waals surface area contributed by atoms with Crippen LogP contribution in [0, 0.1) is 0 Å². The van der Waals surface area contributed by atoms with Crippen LogP contribution in [0.1, 0.15) is 24.1 Å². The minimum atomic E-state index is -0.160. The first-order valence-corrected chi connectivity index (χ1v) is 8.13. The van der Waals surface area contributed by atoms with E-state index >= 15 is 0 Å². The minimum Gasteiger partial charge on any atom is -0.486 e. The zero-order valence-electron chi connectivity index (χ0n) is 13.3. The quantitative estimate of drug-likeness (QED) is 0.853. The lowest BCUT2D eigenvalue weighted by atomic mass is 10.1. The molecule has 1 aliphatic rings. The normalized spacial score (nSPS) is 14.4. The lowest BCUT2D eigenvalue weighted by Crippen LogP contribution is -2.25. The highest BCUT2D eigenvalue weighted by Gasteiger charge is 2.15. The Bertz CT molecular complexity index is 756. The Morgan fingerprint density at radius 1 is 1.12 bits per heavy atom. The van der Waals surface area contributed by atoms with Crippen LogP contribution in [0.15, 0.2) is 48.5 Å². The van der Waals surface area contributed by atoms with Gasteiger partial charge in [-0.25, -0.2) is 0 Å². The first-order valence-electron chi connectivity index (χ1n) is 7.75. The predicted octanol–water partition coefficient (Wildman–Crippen LogP) is 4.00. The molecule has 4 nitrogen and oxygen atoms in total. The van der Waals surface area contributed by atoms with Gasteiger partial charge < -0.3 is 14.8 Å². The molecule has 0 aliphatic carbocycles. The van der Waals surface area contributed by atoms with Crippen molar-refractivity contribution in [1.82, 2.24) is 5.32 Å². The number of carbonyl (C=O) groups excluding carboxylic acids is 1. The van der Waals surface area contributed by atoms with Gasteiger partial charge in [0.15, 0.2) is 11.5 Å². The van der Waals surface area contributed by atoms with Crippen molar-refractivity contribution in [1.29, 1.82) is 0 Å². The van der Waals surface area contributed by atoms with Crippen LogP contribution in [0.3, 0.4) is 0 Å². The van der Waals surface area contributed by atoms with Gasteiger partial charge in [-0.15, -0.1) is 0 Å². The number of hydrogen-bond acceptors (Lipinski definition) is 3. The molecule has 1 aliphatic heterocycles. The standard InChI is InChI=1S/C19H18ClNO3/c1-13(15-5-8-17-18(12-15)24-11-10-23-17)21-19(22)9-4-14-2-6-16(20)7-3-14/h2-9,12-13H,10-11H2,1H3,(H,21,22)/b9-4+. The highest BCUT2D eigenvalue weighted by atomic mass is 35.5. The molecule has 0 bridgehead atoms. The number of fused-ring (bicyclic) bond motifs is 1. The third-order valence-electron chi connectivity index (χ3n) is 3.72. The molecule has 1 N–H and O–H groups in total. The average Bonchev–Trinajstić information content (AvgIpc) is 2.61. The van der Waals surface area contributed by atoms with Crippen molar-refractivity contribution in [3.8, 4) is 11.5 Å². The molecule has 24 heavy (non-hydrogen) atoms. The van der Waals surface area contributed by atoms with Crippen LogP contribution in [0.4, 0.5) is 0 Å². The van der Waals surface area contributed by atoms with Crippen LogP contribution in [0.2, 0.25) is 5.02 Å². The van der Waals surface area contributed by atoms with E-state index in [9.17, 15) is 4.79 Å². The number of rotatable bonds is 4. The molecule has 0 saturated carbocycles. The molecule has 2 aromatic carbocycles. The smallest absolute Gasteiger partial charge is 0.244 e. The van der Waals surface area contributed by atoms with Crippen molar-refractivity contribution < 1.29 is 14.3 Å². The maximum Gasteiger partial charge on any atom is 0.244 e. The van der Waals surface area contributed by atoms with Crippen LogP contribution in [0.5, 0.6) is 11.5 Å². The van der Waals surface area contributed by atoms with E-state index in [1.165, 1.54) is 6.08 Å². The number of carbonyl (C=O) groups is 1. The monoisotopic (exact) mass is 343 g/mol. The molecule has 124 valence electrons. The van der Waals surface area contributed by atoms with Crippen molar-refractivity contribution in [3.05, 3.63) is 64.7 Å². The van der Waals surface area contributed by atoms with Gasteiger partial charge in [0, 0.05) is 11.1 Å². The molecule has 0 spiro atoms. The minimum absolute atomic E-state index is 0.136. The van der Waals surface area contributed by atoms with Gasteiger partial charge >= 0.3 is 0 Å². The number of halogens is 1. The summed E-state index contributed by atoms with van der Waals surface area (Å²) in [6.45, 7) is 3.04. The molecule has 3 rings (SSSR count). The zero-order valence-corrected chi connectivity index (χ0v) is 14.0. The summed E-state index contributed by atoms with van der Waals surface area (Å²) in [5.74, 6) is 1.30.